The van der Waals surface area contributed by atoms with E-state index >= 15 is 0 Å². The third-order valence-electron chi connectivity index (χ3n) is 3.78. The Bertz CT molecular complexity index is 646. The highest BCUT2D eigenvalue weighted by atomic mass is 16.5. The van der Waals surface area contributed by atoms with E-state index in [9.17, 15) is 14.9 Å². The number of benzene rings is 1. The minimum atomic E-state index is -0.624. The van der Waals surface area contributed by atoms with E-state index in [2.05, 4.69) is 11.4 Å². The largest absolute Gasteiger partial charge is 0.495 e. The maximum Gasteiger partial charge on any atom is 0.252 e. The molecule has 1 aromatic rings. The lowest BCUT2D eigenvalue weighted by atomic mass is 10.1. The molecule has 2 aliphatic rings. The Hall–Kier alpha value is -2.55. The summed E-state index contributed by atoms with van der Waals surface area (Å²) in [4.78, 5) is 25.6. The molecule has 0 aromatic heterocycles. The van der Waals surface area contributed by atoms with Gasteiger partial charge >= 0.3 is 0 Å². The number of carbonyl (C=O) groups excluding carboxylic acids is 2. The van der Waals surface area contributed by atoms with E-state index in [1.807, 2.05) is 0 Å². The van der Waals surface area contributed by atoms with Crippen LogP contribution >= 0.6 is 0 Å². The van der Waals surface area contributed by atoms with Gasteiger partial charge in [0.15, 0.2) is 0 Å². The smallest absolute Gasteiger partial charge is 0.252 e. The molecule has 0 bridgehead atoms. The van der Waals surface area contributed by atoms with E-state index in [4.69, 9.17) is 4.74 Å². The fraction of sp³-hybridized carbons (Fsp3) is 0.400. The molecule has 6 nitrogen and oxygen atoms in total. The number of ether oxygens (including phenoxy) is 1. The lowest BCUT2D eigenvalue weighted by Crippen LogP contribution is -2.36. The number of amides is 2. The van der Waals surface area contributed by atoms with Crippen LogP contribution in [0, 0.1) is 11.3 Å². The van der Waals surface area contributed by atoms with Gasteiger partial charge < -0.3 is 10.1 Å². The Morgan fingerprint density at radius 1 is 1.38 bits per heavy atom. The molecule has 3 rings (SSSR count). The second-order valence-electron chi connectivity index (χ2n) is 5.23. The van der Waals surface area contributed by atoms with Crippen molar-refractivity contribution >= 4 is 17.5 Å². The number of hydrogen-bond donors (Lipinski definition) is 1. The van der Waals surface area contributed by atoms with Crippen LogP contribution in [-0.2, 0) is 9.59 Å². The average Bonchev–Trinajstić information content (AvgIpc) is 3.27. The lowest BCUT2D eigenvalue weighted by Gasteiger charge is -2.17. The summed E-state index contributed by atoms with van der Waals surface area (Å²) in [7, 11) is 1.50. The summed E-state index contributed by atoms with van der Waals surface area (Å²) in [6.07, 6.45) is 1.91. The highest BCUT2D eigenvalue weighted by molar-refractivity contribution is 6.07. The maximum absolute atomic E-state index is 12.3. The Morgan fingerprint density at radius 3 is 2.76 bits per heavy atom. The van der Waals surface area contributed by atoms with Crippen LogP contribution in [0.2, 0.25) is 0 Å². The average molecular weight is 285 g/mol. The van der Waals surface area contributed by atoms with Crippen molar-refractivity contribution in [2.75, 3.05) is 12.4 Å². The molecular formula is C15H15N3O3. The summed E-state index contributed by atoms with van der Waals surface area (Å²) in [5.74, 6) is 0.130. The van der Waals surface area contributed by atoms with Crippen molar-refractivity contribution in [2.45, 2.75) is 31.3 Å². The van der Waals surface area contributed by atoms with Crippen LogP contribution in [0.5, 0.6) is 5.75 Å². The minimum Gasteiger partial charge on any atom is -0.495 e. The molecule has 6 heteroatoms. The number of hydrogen-bond acceptors (Lipinski definition) is 5. The van der Waals surface area contributed by atoms with Gasteiger partial charge in [0, 0.05) is 6.04 Å². The van der Waals surface area contributed by atoms with E-state index in [-0.39, 0.29) is 24.3 Å². The zero-order valence-corrected chi connectivity index (χ0v) is 11.6. The van der Waals surface area contributed by atoms with Gasteiger partial charge in [0.25, 0.3) is 5.91 Å². The molecule has 1 atom stereocenters. The number of rotatable bonds is 4. The highest BCUT2D eigenvalue weighted by Gasteiger charge is 2.46. The molecule has 0 radical (unpaired) electrons. The van der Waals surface area contributed by atoms with Crippen LogP contribution in [0.15, 0.2) is 18.2 Å². The number of carbonyl (C=O) groups is 2. The Kier molecular flexibility index (Phi) is 3.26. The first kappa shape index (κ1) is 13.4. The number of methoxy groups -OCH3 is 1. The summed E-state index contributed by atoms with van der Waals surface area (Å²) >= 11 is 0. The monoisotopic (exact) mass is 285 g/mol. The number of nitrogens with one attached hydrogen (secondary N) is 1. The Balaban J connectivity index is 1.86. The fourth-order valence-electron chi connectivity index (χ4n) is 2.60. The van der Waals surface area contributed by atoms with Gasteiger partial charge in [0.1, 0.15) is 17.9 Å². The number of likely N-dealkylation sites (tertiary alicyclic amines) is 1. The Morgan fingerprint density at radius 2 is 2.14 bits per heavy atom. The predicted octanol–water partition coefficient (Wildman–Crippen LogP) is 1.27. The molecule has 1 aliphatic carbocycles. The first-order chi connectivity index (χ1) is 10.2. The summed E-state index contributed by atoms with van der Waals surface area (Å²) in [6, 6.07) is 6.58. The molecule has 21 heavy (non-hydrogen) atoms. The van der Waals surface area contributed by atoms with Crippen molar-refractivity contribution in [3.8, 4) is 11.8 Å². The van der Waals surface area contributed by atoms with Crippen LogP contribution in [-0.4, -0.2) is 35.9 Å². The molecule has 1 aliphatic heterocycles. The van der Waals surface area contributed by atoms with Gasteiger partial charge in [-0.15, -0.1) is 0 Å². The summed E-state index contributed by atoms with van der Waals surface area (Å²) in [5.41, 5.74) is 0.853. The van der Waals surface area contributed by atoms with E-state index in [1.54, 1.807) is 18.2 Å². The molecule has 0 spiro atoms. The van der Waals surface area contributed by atoms with Crippen molar-refractivity contribution in [3.63, 3.8) is 0 Å². The first-order valence-corrected chi connectivity index (χ1v) is 6.85. The van der Waals surface area contributed by atoms with Crippen LogP contribution in [0.25, 0.3) is 0 Å². The molecule has 1 heterocycles. The zero-order chi connectivity index (χ0) is 15.0. The molecule has 1 N–H and O–H groups in total. The molecule has 108 valence electrons. The molecule has 1 aromatic carbocycles. The third-order valence-corrected chi connectivity index (χ3v) is 3.78. The number of imide groups is 1. The van der Waals surface area contributed by atoms with E-state index in [0.717, 1.165) is 12.8 Å². The first-order valence-electron chi connectivity index (χ1n) is 6.85. The van der Waals surface area contributed by atoms with E-state index in [0.29, 0.717) is 17.0 Å². The number of para-hydroxylation sites is 1. The van der Waals surface area contributed by atoms with Gasteiger partial charge in [-0.25, -0.2) is 0 Å². The van der Waals surface area contributed by atoms with Gasteiger partial charge in [-0.2, -0.15) is 5.26 Å². The minimum absolute atomic E-state index is 0.0740. The molecule has 2 amide bonds. The SMILES string of the molecule is COc1cccc(C#N)c1NC1CC(=O)N(C2CC2)C1=O. The molecule has 1 saturated carbocycles. The number of nitriles is 1. The normalized spacial score (nSPS) is 21.3. The predicted molar refractivity (Wildman–Crippen MR) is 74.6 cm³/mol. The lowest BCUT2D eigenvalue weighted by molar-refractivity contribution is -0.139. The second-order valence-corrected chi connectivity index (χ2v) is 5.23. The topological polar surface area (TPSA) is 82.4 Å². The fourth-order valence-corrected chi connectivity index (χ4v) is 2.60. The van der Waals surface area contributed by atoms with E-state index in [1.165, 1.54) is 12.0 Å². The quantitative estimate of drug-likeness (QED) is 0.842. The maximum atomic E-state index is 12.3. The third kappa shape index (κ3) is 2.31. The van der Waals surface area contributed by atoms with Gasteiger partial charge in [-0.05, 0) is 25.0 Å². The van der Waals surface area contributed by atoms with Gasteiger partial charge in [-0.1, -0.05) is 6.07 Å². The standard InChI is InChI=1S/C15H15N3O3/c1-21-12-4-2-3-9(8-16)14(12)17-11-7-13(19)18(15(11)20)10-5-6-10/h2-4,10-11,17H,5-7H2,1H3. The van der Waals surface area contributed by atoms with Gasteiger partial charge in [-0.3, -0.25) is 14.5 Å². The van der Waals surface area contributed by atoms with Crippen molar-refractivity contribution < 1.29 is 14.3 Å². The van der Waals surface area contributed by atoms with Crippen molar-refractivity contribution in [2.24, 2.45) is 0 Å². The Labute approximate surface area is 122 Å². The molecule has 1 saturated heterocycles. The summed E-state index contributed by atoms with van der Waals surface area (Å²) < 4.78 is 5.22. The van der Waals surface area contributed by atoms with Crippen LogP contribution < -0.4 is 10.1 Å². The van der Waals surface area contributed by atoms with Gasteiger partial charge in [0.05, 0.1) is 24.8 Å². The molecule has 1 unspecified atom stereocenters. The van der Waals surface area contributed by atoms with Crippen LogP contribution in [0.1, 0.15) is 24.8 Å². The van der Waals surface area contributed by atoms with Crippen molar-refractivity contribution in [1.29, 1.82) is 5.26 Å². The van der Waals surface area contributed by atoms with Gasteiger partial charge in [0.2, 0.25) is 5.91 Å². The van der Waals surface area contributed by atoms with E-state index < -0.39 is 6.04 Å². The number of anilines is 1. The second kappa shape index (κ2) is 5.09. The van der Waals surface area contributed by atoms with Crippen molar-refractivity contribution in [3.05, 3.63) is 23.8 Å². The van der Waals surface area contributed by atoms with Crippen molar-refractivity contribution in [1.82, 2.24) is 4.90 Å². The molecular weight excluding hydrogens is 270 g/mol. The highest BCUT2D eigenvalue weighted by Crippen LogP contribution is 2.34. The van der Waals surface area contributed by atoms with Crippen LogP contribution in [0.4, 0.5) is 5.69 Å². The number of nitrogens with zero attached hydrogens (tertiary/aromatic N) is 2. The van der Waals surface area contributed by atoms with Crippen LogP contribution in [0.3, 0.4) is 0 Å². The molecule has 2 fully saturated rings. The summed E-state index contributed by atoms with van der Waals surface area (Å²) in [5, 5.41) is 12.2. The zero-order valence-electron chi connectivity index (χ0n) is 11.6. The summed E-state index contributed by atoms with van der Waals surface area (Å²) in [6.45, 7) is 0.